The number of benzene rings is 1. The van der Waals surface area contributed by atoms with E-state index >= 15 is 0 Å². The van der Waals surface area contributed by atoms with Crippen LogP contribution in [-0.2, 0) is 4.74 Å². The van der Waals surface area contributed by atoms with E-state index in [2.05, 4.69) is 23.3 Å². The standard InChI is InChI=1S/C28H36N6O4/c1-28(2,3)38-27(37)34-17-15-33(16-18-34)26(36)20-5-7-21(8-6-20)30-25-22(24(29)35)9-10-23(31-25)19-11-13-32(4)14-12-19/h5-11H,12-18H2,1-4H3,(H2,29,35)(H,30,31). The highest BCUT2D eigenvalue weighted by molar-refractivity contribution is 5.99. The van der Waals surface area contributed by atoms with E-state index in [0.717, 1.165) is 30.8 Å². The van der Waals surface area contributed by atoms with Gasteiger partial charge in [0.1, 0.15) is 11.4 Å². The molecule has 202 valence electrons. The zero-order valence-corrected chi connectivity index (χ0v) is 22.5. The van der Waals surface area contributed by atoms with Crippen LogP contribution in [0.25, 0.3) is 5.57 Å². The molecule has 0 atom stereocenters. The molecule has 0 unspecified atom stereocenters. The van der Waals surface area contributed by atoms with Crippen LogP contribution in [0, 0.1) is 0 Å². The van der Waals surface area contributed by atoms with Crippen molar-refractivity contribution in [3.63, 3.8) is 0 Å². The minimum absolute atomic E-state index is 0.104. The molecule has 10 heteroatoms. The summed E-state index contributed by atoms with van der Waals surface area (Å²) in [5, 5.41) is 3.19. The Morgan fingerprint density at radius 2 is 1.61 bits per heavy atom. The van der Waals surface area contributed by atoms with E-state index in [4.69, 9.17) is 15.5 Å². The zero-order valence-electron chi connectivity index (χ0n) is 22.5. The Kier molecular flexibility index (Phi) is 8.01. The summed E-state index contributed by atoms with van der Waals surface area (Å²) in [7, 11) is 2.07. The highest BCUT2D eigenvalue weighted by Gasteiger charge is 2.28. The van der Waals surface area contributed by atoms with Crippen molar-refractivity contribution in [1.82, 2.24) is 19.7 Å². The van der Waals surface area contributed by atoms with Gasteiger partial charge in [0.2, 0.25) is 0 Å². The fourth-order valence-electron chi connectivity index (χ4n) is 4.37. The molecule has 0 spiro atoms. The van der Waals surface area contributed by atoms with Gasteiger partial charge in [-0.3, -0.25) is 9.59 Å². The summed E-state index contributed by atoms with van der Waals surface area (Å²) < 4.78 is 5.43. The molecular weight excluding hydrogens is 484 g/mol. The number of hydrogen-bond acceptors (Lipinski definition) is 7. The second-order valence-corrected chi connectivity index (χ2v) is 10.7. The van der Waals surface area contributed by atoms with Gasteiger partial charge in [0.25, 0.3) is 11.8 Å². The lowest BCUT2D eigenvalue weighted by Crippen LogP contribution is -2.51. The van der Waals surface area contributed by atoms with E-state index in [-0.39, 0.29) is 12.0 Å². The number of pyridine rings is 1. The van der Waals surface area contributed by atoms with Crippen LogP contribution in [0.4, 0.5) is 16.3 Å². The third-order valence-electron chi connectivity index (χ3n) is 6.52. The molecule has 1 saturated heterocycles. The quantitative estimate of drug-likeness (QED) is 0.620. The number of likely N-dealkylation sites (N-methyl/N-ethyl adjacent to an activating group) is 1. The molecule has 38 heavy (non-hydrogen) atoms. The minimum atomic E-state index is -0.568. The normalized spacial score (nSPS) is 16.6. The molecule has 2 aliphatic rings. The SMILES string of the molecule is CN1CC=C(c2ccc(C(N)=O)c(Nc3ccc(C(=O)N4CCN(C(=O)OC(C)(C)C)CC4)cc3)n2)CC1. The molecule has 3 N–H and O–H groups in total. The van der Waals surface area contributed by atoms with Crippen LogP contribution in [0.15, 0.2) is 42.5 Å². The van der Waals surface area contributed by atoms with Crippen LogP contribution >= 0.6 is 0 Å². The van der Waals surface area contributed by atoms with E-state index in [1.807, 2.05) is 26.8 Å². The fourth-order valence-corrected chi connectivity index (χ4v) is 4.37. The van der Waals surface area contributed by atoms with Crippen molar-refractivity contribution < 1.29 is 19.1 Å². The second-order valence-electron chi connectivity index (χ2n) is 10.7. The Morgan fingerprint density at radius 3 is 2.18 bits per heavy atom. The first kappa shape index (κ1) is 27.1. The van der Waals surface area contributed by atoms with Crippen molar-refractivity contribution in [1.29, 1.82) is 0 Å². The van der Waals surface area contributed by atoms with Crippen LogP contribution < -0.4 is 11.1 Å². The van der Waals surface area contributed by atoms with E-state index in [0.29, 0.717) is 48.8 Å². The number of nitrogens with two attached hydrogens (primary N) is 1. The molecule has 2 aliphatic heterocycles. The summed E-state index contributed by atoms with van der Waals surface area (Å²) in [4.78, 5) is 47.7. The van der Waals surface area contributed by atoms with Crippen LogP contribution in [0.2, 0.25) is 0 Å². The maximum absolute atomic E-state index is 13.0. The minimum Gasteiger partial charge on any atom is -0.444 e. The van der Waals surface area contributed by atoms with Crippen molar-refractivity contribution in [3.05, 3.63) is 59.3 Å². The van der Waals surface area contributed by atoms with Gasteiger partial charge in [0, 0.05) is 50.5 Å². The highest BCUT2D eigenvalue weighted by Crippen LogP contribution is 2.26. The molecule has 2 aromatic rings. The van der Waals surface area contributed by atoms with Gasteiger partial charge in [-0.1, -0.05) is 6.08 Å². The number of amides is 3. The van der Waals surface area contributed by atoms with Crippen molar-refractivity contribution in [2.45, 2.75) is 32.8 Å². The van der Waals surface area contributed by atoms with Crippen molar-refractivity contribution in [3.8, 4) is 0 Å². The topological polar surface area (TPSA) is 121 Å². The molecule has 1 aromatic heterocycles. The average Bonchev–Trinajstić information content (AvgIpc) is 2.88. The molecule has 0 bridgehead atoms. The first-order valence-electron chi connectivity index (χ1n) is 12.8. The monoisotopic (exact) mass is 520 g/mol. The first-order chi connectivity index (χ1) is 18.0. The highest BCUT2D eigenvalue weighted by atomic mass is 16.6. The fraction of sp³-hybridized carbons (Fsp3) is 0.429. The van der Waals surface area contributed by atoms with Gasteiger partial charge in [-0.2, -0.15) is 0 Å². The van der Waals surface area contributed by atoms with E-state index in [1.54, 1.807) is 40.1 Å². The lowest BCUT2D eigenvalue weighted by atomic mass is 10.0. The van der Waals surface area contributed by atoms with E-state index in [9.17, 15) is 14.4 Å². The predicted molar refractivity (Wildman–Crippen MR) is 146 cm³/mol. The number of carbonyl (C=O) groups is 3. The summed E-state index contributed by atoms with van der Waals surface area (Å²) >= 11 is 0. The number of primary amides is 1. The number of nitrogens with one attached hydrogen (secondary N) is 1. The summed E-state index contributed by atoms with van der Waals surface area (Å²) in [5.41, 5.74) is 8.50. The molecule has 0 aliphatic carbocycles. The Balaban J connectivity index is 1.41. The lowest BCUT2D eigenvalue weighted by Gasteiger charge is -2.35. The molecule has 1 aromatic carbocycles. The average molecular weight is 521 g/mol. The van der Waals surface area contributed by atoms with Crippen molar-refractivity contribution in [2.75, 3.05) is 51.6 Å². The number of piperazine rings is 1. The van der Waals surface area contributed by atoms with Crippen molar-refractivity contribution >= 4 is 35.0 Å². The van der Waals surface area contributed by atoms with Gasteiger partial charge < -0.3 is 30.5 Å². The zero-order chi connectivity index (χ0) is 27.4. The number of aromatic nitrogens is 1. The largest absolute Gasteiger partial charge is 0.444 e. The Morgan fingerprint density at radius 1 is 0.947 bits per heavy atom. The van der Waals surface area contributed by atoms with Gasteiger partial charge in [0.15, 0.2) is 0 Å². The maximum atomic E-state index is 13.0. The number of hydrogen-bond donors (Lipinski definition) is 2. The molecular formula is C28H36N6O4. The molecule has 0 radical (unpaired) electrons. The van der Waals surface area contributed by atoms with Gasteiger partial charge in [-0.25, -0.2) is 9.78 Å². The predicted octanol–water partition coefficient (Wildman–Crippen LogP) is 3.34. The third kappa shape index (κ3) is 6.69. The molecule has 0 saturated carbocycles. The molecule has 3 heterocycles. The Labute approximate surface area is 223 Å². The number of nitrogens with zero attached hydrogens (tertiary/aromatic N) is 4. The van der Waals surface area contributed by atoms with Crippen LogP contribution in [-0.4, -0.2) is 89.5 Å². The van der Waals surface area contributed by atoms with Gasteiger partial charge in [0.05, 0.1) is 11.3 Å². The van der Waals surface area contributed by atoms with Crippen molar-refractivity contribution in [2.24, 2.45) is 5.73 Å². The van der Waals surface area contributed by atoms with Crippen LogP contribution in [0.1, 0.15) is 53.6 Å². The molecule has 1 fully saturated rings. The molecule has 4 rings (SSSR count). The summed E-state index contributed by atoms with van der Waals surface area (Å²) in [5.74, 6) is -0.291. The maximum Gasteiger partial charge on any atom is 0.410 e. The van der Waals surface area contributed by atoms with Gasteiger partial charge in [-0.15, -0.1) is 0 Å². The second kappa shape index (κ2) is 11.2. The first-order valence-corrected chi connectivity index (χ1v) is 12.8. The number of anilines is 2. The molecule has 3 amide bonds. The summed E-state index contributed by atoms with van der Waals surface area (Å²) in [6.07, 6.45) is 2.66. The van der Waals surface area contributed by atoms with E-state index < -0.39 is 11.5 Å². The summed E-state index contributed by atoms with van der Waals surface area (Å²) in [6, 6.07) is 10.5. The third-order valence-corrected chi connectivity index (χ3v) is 6.52. The van der Waals surface area contributed by atoms with Gasteiger partial charge in [-0.05, 0) is 76.2 Å². The van der Waals surface area contributed by atoms with Crippen LogP contribution in [0.5, 0.6) is 0 Å². The molecule has 10 nitrogen and oxygen atoms in total. The van der Waals surface area contributed by atoms with E-state index in [1.165, 1.54) is 0 Å². The van der Waals surface area contributed by atoms with Crippen LogP contribution in [0.3, 0.4) is 0 Å². The Bertz CT molecular complexity index is 1230. The summed E-state index contributed by atoms with van der Waals surface area (Å²) in [6.45, 7) is 9.00. The number of rotatable bonds is 5. The smallest absolute Gasteiger partial charge is 0.410 e. The van der Waals surface area contributed by atoms with Gasteiger partial charge >= 0.3 is 6.09 Å². The number of carbonyl (C=O) groups excluding carboxylic acids is 3. The number of ether oxygens (including phenoxy) is 1. The Hall–Kier alpha value is -3.92. The lowest BCUT2D eigenvalue weighted by molar-refractivity contribution is 0.0141.